The van der Waals surface area contributed by atoms with Crippen molar-refractivity contribution in [2.75, 3.05) is 11.9 Å². The van der Waals surface area contributed by atoms with Crippen LogP contribution in [-0.2, 0) is 0 Å². The highest BCUT2D eigenvalue weighted by Gasteiger charge is 2.29. The van der Waals surface area contributed by atoms with Crippen LogP contribution in [0.1, 0.15) is 38.5 Å². The van der Waals surface area contributed by atoms with Gasteiger partial charge in [-0.3, -0.25) is 10.1 Å². The first kappa shape index (κ1) is 14.9. The van der Waals surface area contributed by atoms with Gasteiger partial charge in [-0.1, -0.05) is 25.7 Å². The minimum atomic E-state index is -0.845. The van der Waals surface area contributed by atoms with E-state index in [0.29, 0.717) is 12.8 Å². The minimum Gasteiger partial charge on any atom is -0.388 e. The zero-order chi connectivity index (χ0) is 14.6. The van der Waals surface area contributed by atoms with Crippen molar-refractivity contribution in [1.82, 2.24) is 9.97 Å². The second-order valence-electron chi connectivity index (χ2n) is 5.12. The fourth-order valence-electron chi connectivity index (χ4n) is 2.43. The van der Waals surface area contributed by atoms with Crippen LogP contribution in [0, 0.1) is 10.1 Å². The number of nitrogens with zero attached hydrogens (tertiary/aromatic N) is 3. The number of aliphatic hydroxyl groups is 1. The Labute approximate surface area is 121 Å². The maximum Gasteiger partial charge on any atom is 0.329 e. The molecule has 1 heterocycles. The van der Waals surface area contributed by atoms with Crippen LogP contribution in [0.4, 0.5) is 11.5 Å². The van der Waals surface area contributed by atoms with E-state index in [2.05, 4.69) is 15.3 Å². The number of aromatic nitrogens is 2. The van der Waals surface area contributed by atoms with Crippen LogP contribution >= 0.6 is 11.6 Å². The third-order valence-corrected chi connectivity index (χ3v) is 3.74. The van der Waals surface area contributed by atoms with E-state index >= 15 is 0 Å². The van der Waals surface area contributed by atoms with Crippen molar-refractivity contribution in [3.8, 4) is 0 Å². The summed E-state index contributed by atoms with van der Waals surface area (Å²) >= 11 is 5.66. The molecular formula is C12H17ClN4O3. The largest absolute Gasteiger partial charge is 0.388 e. The Bertz CT molecular complexity index is 490. The lowest BCUT2D eigenvalue weighted by Crippen LogP contribution is -2.36. The maximum absolute atomic E-state index is 10.9. The lowest BCUT2D eigenvalue weighted by molar-refractivity contribution is -0.384. The number of nitrogens with one attached hydrogen (secondary N) is 1. The molecular weight excluding hydrogens is 284 g/mol. The van der Waals surface area contributed by atoms with E-state index in [9.17, 15) is 15.2 Å². The number of rotatable bonds is 4. The zero-order valence-electron chi connectivity index (χ0n) is 11.0. The van der Waals surface area contributed by atoms with Gasteiger partial charge in [0.1, 0.15) is 6.20 Å². The molecule has 1 aliphatic rings. The predicted molar refractivity (Wildman–Crippen MR) is 74.8 cm³/mol. The van der Waals surface area contributed by atoms with Gasteiger partial charge in [0.15, 0.2) is 0 Å². The van der Waals surface area contributed by atoms with Gasteiger partial charge >= 0.3 is 5.69 Å². The van der Waals surface area contributed by atoms with Crippen molar-refractivity contribution >= 4 is 23.1 Å². The highest BCUT2D eigenvalue weighted by molar-refractivity contribution is 6.28. The van der Waals surface area contributed by atoms with Gasteiger partial charge in [-0.2, -0.15) is 4.98 Å². The van der Waals surface area contributed by atoms with Gasteiger partial charge in [-0.05, 0) is 24.4 Å². The van der Waals surface area contributed by atoms with Crippen LogP contribution in [0.5, 0.6) is 0 Å². The normalized spacial score (nSPS) is 18.3. The van der Waals surface area contributed by atoms with Gasteiger partial charge in [0.05, 0.1) is 10.5 Å². The molecule has 1 fully saturated rings. The lowest BCUT2D eigenvalue weighted by atomic mass is 9.94. The van der Waals surface area contributed by atoms with Crippen LogP contribution in [0.2, 0.25) is 5.28 Å². The van der Waals surface area contributed by atoms with Crippen molar-refractivity contribution in [3.05, 3.63) is 21.6 Å². The molecule has 0 atom stereocenters. The molecule has 1 saturated carbocycles. The summed E-state index contributed by atoms with van der Waals surface area (Å²) in [6.07, 6.45) is 6.59. The van der Waals surface area contributed by atoms with Crippen LogP contribution < -0.4 is 5.32 Å². The highest BCUT2D eigenvalue weighted by atomic mass is 35.5. The molecule has 0 bridgehead atoms. The van der Waals surface area contributed by atoms with Gasteiger partial charge < -0.3 is 10.4 Å². The Morgan fingerprint density at radius 1 is 1.40 bits per heavy atom. The summed E-state index contributed by atoms with van der Waals surface area (Å²) in [7, 11) is 0. The van der Waals surface area contributed by atoms with Crippen LogP contribution in [0.25, 0.3) is 0 Å². The summed E-state index contributed by atoms with van der Waals surface area (Å²) in [6.45, 7) is 0.223. The van der Waals surface area contributed by atoms with Gasteiger partial charge in [0.25, 0.3) is 0 Å². The van der Waals surface area contributed by atoms with E-state index in [4.69, 9.17) is 11.6 Å². The summed E-state index contributed by atoms with van der Waals surface area (Å²) in [4.78, 5) is 17.7. The van der Waals surface area contributed by atoms with Crippen LogP contribution in [0.3, 0.4) is 0 Å². The van der Waals surface area contributed by atoms with Gasteiger partial charge in [0, 0.05) is 6.54 Å². The molecule has 8 heteroatoms. The molecule has 0 amide bonds. The third kappa shape index (κ3) is 3.77. The van der Waals surface area contributed by atoms with Gasteiger partial charge in [0.2, 0.25) is 11.1 Å². The average Bonchev–Trinajstić information content (AvgIpc) is 2.62. The molecule has 2 rings (SSSR count). The van der Waals surface area contributed by atoms with E-state index in [0.717, 1.165) is 31.9 Å². The summed E-state index contributed by atoms with van der Waals surface area (Å²) < 4.78 is 0. The quantitative estimate of drug-likeness (QED) is 0.383. The summed E-state index contributed by atoms with van der Waals surface area (Å²) in [5, 5.41) is 24.2. The monoisotopic (exact) mass is 300 g/mol. The number of halogens is 1. The lowest BCUT2D eigenvalue weighted by Gasteiger charge is -2.26. The Hall–Kier alpha value is -1.47. The van der Waals surface area contributed by atoms with E-state index in [1.54, 1.807) is 0 Å². The maximum atomic E-state index is 10.9. The number of hydrogen-bond donors (Lipinski definition) is 2. The van der Waals surface area contributed by atoms with Crippen molar-refractivity contribution < 1.29 is 10.0 Å². The number of nitro groups is 1. The van der Waals surface area contributed by atoms with Gasteiger partial charge in [-0.15, -0.1) is 0 Å². The molecule has 110 valence electrons. The van der Waals surface area contributed by atoms with E-state index < -0.39 is 10.5 Å². The fourth-order valence-corrected chi connectivity index (χ4v) is 2.56. The Kier molecular flexibility index (Phi) is 4.72. The first-order valence-electron chi connectivity index (χ1n) is 6.63. The molecule has 0 unspecified atom stereocenters. The van der Waals surface area contributed by atoms with Crippen LogP contribution in [0.15, 0.2) is 6.20 Å². The van der Waals surface area contributed by atoms with Crippen LogP contribution in [-0.4, -0.2) is 32.1 Å². The molecule has 0 aliphatic heterocycles. The summed E-state index contributed by atoms with van der Waals surface area (Å²) in [5.41, 5.74) is -1.09. The SMILES string of the molecule is O=[N+]([O-])c1cnc(Cl)nc1NCC1(O)CCCCCC1. The van der Waals surface area contributed by atoms with Crippen molar-refractivity contribution in [2.45, 2.75) is 44.1 Å². The Morgan fingerprint density at radius 2 is 2.05 bits per heavy atom. The minimum absolute atomic E-state index is 0.0488. The van der Waals surface area contributed by atoms with E-state index in [1.165, 1.54) is 0 Å². The Morgan fingerprint density at radius 3 is 2.65 bits per heavy atom. The molecule has 0 spiro atoms. The highest BCUT2D eigenvalue weighted by Crippen LogP contribution is 2.29. The van der Waals surface area contributed by atoms with Gasteiger partial charge in [-0.25, -0.2) is 4.98 Å². The van der Waals surface area contributed by atoms with Crippen molar-refractivity contribution in [2.24, 2.45) is 0 Å². The zero-order valence-corrected chi connectivity index (χ0v) is 11.8. The molecule has 20 heavy (non-hydrogen) atoms. The van der Waals surface area contributed by atoms with Crippen molar-refractivity contribution in [1.29, 1.82) is 0 Å². The van der Waals surface area contributed by atoms with E-state index in [-0.39, 0.29) is 23.3 Å². The predicted octanol–water partition coefficient (Wildman–Crippen LogP) is 2.54. The standard InChI is InChI=1S/C12H17ClN4O3/c13-11-14-7-9(17(19)20)10(16-11)15-8-12(18)5-3-1-2-4-6-12/h7,18H,1-6,8H2,(H,14,15,16). The first-order chi connectivity index (χ1) is 9.50. The summed E-state index contributed by atoms with van der Waals surface area (Å²) in [5.74, 6) is 0.0488. The molecule has 7 nitrogen and oxygen atoms in total. The molecule has 0 radical (unpaired) electrons. The smallest absolute Gasteiger partial charge is 0.329 e. The second kappa shape index (κ2) is 6.32. The van der Waals surface area contributed by atoms with E-state index in [1.807, 2.05) is 0 Å². The molecule has 1 aliphatic carbocycles. The average molecular weight is 301 g/mol. The molecule has 1 aromatic heterocycles. The number of anilines is 1. The molecule has 0 aromatic carbocycles. The first-order valence-corrected chi connectivity index (χ1v) is 7.01. The molecule has 2 N–H and O–H groups in total. The molecule has 1 aromatic rings. The Balaban J connectivity index is 2.09. The second-order valence-corrected chi connectivity index (χ2v) is 5.46. The summed E-state index contributed by atoms with van der Waals surface area (Å²) in [6, 6.07) is 0. The topological polar surface area (TPSA) is 101 Å². The molecule has 0 saturated heterocycles. The van der Waals surface area contributed by atoms with Crippen molar-refractivity contribution in [3.63, 3.8) is 0 Å². The fraction of sp³-hybridized carbons (Fsp3) is 0.667. The third-order valence-electron chi connectivity index (χ3n) is 3.56. The number of hydrogen-bond acceptors (Lipinski definition) is 6.